The number of benzene rings is 2. The Labute approximate surface area is 144 Å². The zero-order valence-corrected chi connectivity index (χ0v) is 14.2. The van der Waals surface area contributed by atoms with Crippen molar-refractivity contribution in [3.63, 3.8) is 0 Å². The van der Waals surface area contributed by atoms with E-state index in [4.69, 9.17) is 9.15 Å². The number of methoxy groups -OCH3 is 1. The van der Waals surface area contributed by atoms with Gasteiger partial charge in [-0.05, 0) is 6.92 Å². The summed E-state index contributed by atoms with van der Waals surface area (Å²) < 4.78 is 10.7. The number of thioether (sulfide) groups is 1. The van der Waals surface area contributed by atoms with Crippen LogP contribution in [0.2, 0.25) is 0 Å². The summed E-state index contributed by atoms with van der Waals surface area (Å²) in [6.07, 6.45) is 0. The number of esters is 1. The first-order valence-electron chi connectivity index (χ1n) is 7.55. The molecular formula is C19H17NO3S. The van der Waals surface area contributed by atoms with E-state index in [-0.39, 0.29) is 11.2 Å². The fourth-order valence-electron chi connectivity index (χ4n) is 2.29. The molecule has 4 nitrogen and oxygen atoms in total. The fraction of sp³-hybridized carbons (Fsp3) is 0.158. The summed E-state index contributed by atoms with van der Waals surface area (Å²) in [4.78, 5) is 16.2. The van der Waals surface area contributed by atoms with Crippen LogP contribution in [0.4, 0.5) is 0 Å². The maximum Gasteiger partial charge on any atom is 0.319 e. The molecule has 1 heterocycles. The van der Waals surface area contributed by atoms with Crippen molar-refractivity contribution in [3.05, 3.63) is 60.7 Å². The van der Waals surface area contributed by atoms with Crippen molar-refractivity contribution in [2.24, 2.45) is 0 Å². The van der Waals surface area contributed by atoms with Crippen molar-refractivity contribution in [1.82, 2.24) is 4.98 Å². The van der Waals surface area contributed by atoms with E-state index < -0.39 is 0 Å². The molecule has 3 aromatic rings. The largest absolute Gasteiger partial charge is 0.468 e. The second-order valence-corrected chi connectivity index (χ2v) is 6.46. The topological polar surface area (TPSA) is 52.3 Å². The Morgan fingerprint density at radius 3 is 2.21 bits per heavy atom. The van der Waals surface area contributed by atoms with Gasteiger partial charge in [0.1, 0.15) is 10.9 Å². The number of carbonyl (C=O) groups is 1. The van der Waals surface area contributed by atoms with Crippen LogP contribution in [-0.2, 0) is 9.53 Å². The molecule has 0 N–H and O–H groups in total. The summed E-state index contributed by atoms with van der Waals surface area (Å²) in [7, 11) is 1.37. The van der Waals surface area contributed by atoms with Crippen LogP contribution in [-0.4, -0.2) is 23.3 Å². The monoisotopic (exact) mass is 339 g/mol. The lowest BCUT2D eigenvalue weighted by molar-refractivity contribution is -0.139. The van der Waals surface area contributed by atoms with E-state index in [1.54, 1.807) is 6.92 Å². The molecule has 2 aromatic carbocycles. The summed E-state index contributed by atoms with van der Waals surface area (Å²) in [5, 5.41) is 0.0616. The first-order valence-corrected chi connectivity index (χ1v) is 8.43. The number of hydrogen-bond acceptors (Lipinski definition) is 5. The zero-order chi connectivity index (χ0) is 16.9. The van der Waals surface area contributed by atoms with Crippen LogP contribution in [0.15, 0.2) is 70.3 Å². The second-order valence-electron chi connectivity index (χ2n) is 5.17. The van der Waals surface area contributed by atoms with Crippen molar-refractivity contribution >= 4 is 17.7 Å². The Morgan fingerprint density at radius 2 is 1.62 bits per heavy atom. The predicted octanol–water partition coefficient (Wildman–Crippen LogP) is 4.66. The van der Waals surface area contributed by atoms with Crippen LogP contribution in [0.25, 0.3) is 22.6 Å². The van der Waals surface area contributed by atoms with Crippen LogP contribution in [0.5, 0.6) is 0 Å². The average molecular weight is 339 g/mol. The maximum absolute atomic E-state index is 11.6. The quantitative estimate of drug-likeness (QED) is 0.500. The molecule has 0 radical (unpaired) electrons. The zero-order valence-electron chi connectivity index (χ0n) is 13.4. The van der Waals surface area contributed by atoms with Gasteiger partial charge in [-0.15, -0.1) is 0 Å². The predicted molar refractivity (Wildman–Crippen MR) is 94.7 cm³/mol. The third kappa shape index (κ3) is 3.51. The van der Waals surface area contributed by atoms with Crippen molar-refractivity contribution < 1.29 is 13.9 Å². The summed E-state index contributed by atoms with van der Waals surface area (Å²) in [6.45, 7) is 1.77. The SMILES string of the molecule is COC(=O)[C@H](C)Sc1nc(-c2ccccc2)c(-c2ccccc2)o1. The number of aromatic nitrogens is 1. The summed E-state index contributed by atoms with van der Waals surface area (Å²) in [5.41, 5.74) is 2.68. The van der Waals surface area contributed by atoms with Crippen molar-refractivity contribution in [2.75, 3.05) is 7.11 Å². The molecule has 1 atom stereocenters. The molecule has 0 bridgehead atoms. The van der Waals surface area contributed by atoms with Crippen LogP contribution in [0.1, 0.15) is 6.92 Å². The molecule has 0 fully saturated rings. The smallest absolute Gasteiger partial charge is 0.319 e. The van der Waals surface area contributed by atoms with Gasteiger partial charge < -0.3 is 9.15 Å². The summed E-state index contributed by atoms with van der Waals surface area (Å²) in [5.74, 6) is 0.391. The highest BCUT2D eigenvalue weighted by Gasteiger charge is 2.22. The molecular weight excluding hydrogens is 322 g/mol. The van der Waals surface area contributed by atoms with E-state index in [2.05, 4.69) is 4.98 Å². The van der Waals surface area contributed by atoms with Gasteiger partial charge in [-0.3, -0.25) is 4.79 Å². The molecule has 1 aromatic heterocycles. The second kappa shape index (κ2) is 7.36. The minimum Gasteiger partial charge on any atom is -0.468 e. The summed E-state index contributed by atoms with van der Waals surface area (Å²) in [6, 6.07) is 19.7. The van der Waals surface area contributed by atoms with E-state index in [1.807, 2.05) is 60.7 Å². The molecule has 0 unspecified atom stereocenters. The summed E-state index contributed by atoms with van der Waals surface area (Å²) >= 11 is 1.25. The minimum absolute atomic E-state index is 0.305. The Bertz CT molecular complexity index is 758. The van der Waals surface area contributed by atoms with Crippen molar-refractivity contribution in [3.8, 4) is 22.6 Å². The van der Waals surface area contributed by atoms with Crippen LogP contribution in [0.3, 0.4) is 0 Å². The Balaban J connectivity index is 2.02. The lowest BCUT2D eigenvalue weighted by atomic mass is 10.1. The third-order valence-electron chi connectivity index (χ3n) is 3.50. The Kier molecular flexibility index (Phi) is 5.01. The first-order chi connectivity index (χ1) is 11.7. The molecule has 0 spiro atoms. The third-order valence-corrected chi connectivity index (χ3v) is 4.42. The van der Waals surface area contributed by atoms with Gasteiger partial charge >= 0.3 is 5.97 Å². The number of hydrogen-bond donors (Lipinski definition) is 0. The van der Waals surface area contributed by atoms with E-state index in [9.17, 15) is 4.79 Å². The molecule has 3 rings (SSSR count). The van der Waals surface area contributed by atoms with Gasteiger partial charge in [-0.2, -0.15) is 0 Å². The normalized spacial score (nSPS) is 11.9. The van der Waals surface area contributed by atoms with Gasteiger partial charge in [-0.25, -0.2) is 4.98 Å². The molecule has 0 amide bonds. The van der Waals surface area contributed by atoms with E-state index in [0.717, 1.165) is 16.8 Å². The molecule has 24 heavy (non-hydrogen) atoms. The number of carbonyl (C=O) groups excluding carboxylic acids is 1. The van der Waals surface area contributed by atoms with Crippen LogP contribution >= 0.6 is 11.8 Å². The van der Waals surface area contributed by atoms with Gasteiger partial charge in [0.25, 0.3) is 5.22 Å². The number of nitrogens with zero attached hydrogens (tertiary/aromatic N) is 1. The van der Waals surface area contributed by atoms with Crippen LogP contribution in [0, 0.1) is 0 Å². The highest BCUT2D eigenvalue weighted by atomic mass is 32.2. The van der Waals surface area contributed by atoms with Gasteiger partial charge in [0.05, 0.1) is 7.11 Å². The van der Waals surface area contributed by atoms with Crippen LogP contribution < -0.4 is 0 Å². The van der Waals surface area contributed by atoms with Crippen molar-refractivity contribution in [1.29, 1.82) is 0 Å². The Morgan fingerprint density at radius 1 is 1.04 bits per heavy atom. The maximum atomic E-state index is 11.6. The van der Waals surface area contributed by atoms with Gasteiger partial charge in [0.15, 0.2) is 5.76 Å². The highest BCUT2D eigenvalue weighted by molar-refractivity contribution is 8.00. The molecule has 0 aliphatic heterocycles. The molecule has 0 saturated heterocycles. The van der Waals surface area contributed by atoms with E-state index in [0.29, 0.717) is 11.0 Å². The minimum atomic E-state index is -0.388. The number of ether oxygens (including phenoxy) is 1. The standard InChI is InChI=1S/C19H17NO3S/c1-13(18(21)22-2)24-19-20-16(14-9-5-3-6-10-14)17(23-19)15-11-7-4-8-12-15/h3-13H,1-2H3/t13-/m0/s1. The average Bonchev–Trinajstić information content (AvgIpc) is 3.06. The molecule has 0 aliphatic carbocycles. The lowest BCUT2D eigenvalue weighted by Crippen LogP contribution is -2.14. The van der Waals surface area contributed by atoms with E-state index in [1.165, 1.54) is 18.9 Å². The number of rotatable bonds is 5. The highest BCUT2D eigenvalue weighted by Crippen LogP contribution is 2.36. The van der Waals surface area contributed by atoms with Gasteiger partial charge in [0.2, 0.25) is 0 Å². The van der Waals surface area contributed by atoms with Gasteiger partial charge in [-0.1, -0.05) is 72.4 Å². The number of oxazole rings is 1. The fourth-order valence-corrected chi connectivity index (χ4v) is 3.06. The van der Waals surface area contributed by atoms with Gasteiger partial charge in [0, 0.05) is 11.1 Å². The molecule has 122 valence electrons. The molecule has 0 aliphatic rings. The molecule has 5 heteroatoms. The first kappa shape index (κ1) is 16.3. The van der Waals surface area contributed by atoms with E-state index >= 15 is 0 Å². The lowest BCUT2D eigenvalue weighted by Gasteiger charge is -2.04. The Hall–Kier alpha value is -2.53. The van der Waals surface area contributed by atoms with Crippen molar-refractivity contribution in [2.45, 2.75) is 17.4 Å². The molecule has 0 saturated carbocycles.